The molecule has 7 nitrogen and oxygen atoms in total. The van der Waals surface area contributed by atoms with Gasteiger partial charge in [-0.25, -0.2) is 0 Å². The molecule has 0 saturated carbocycles. The van der Waals surface area contributed by atoms with Crippen molar-refractivity contribution in [3.63, 3.8) is 0 Å². The number of aliphatic imine (C=N–C) groups is 1. The summed E-state index contributed by atoms with van der Waals surface area (Å²) in [7, 11) is 4.67. The lowest BCUT2D eigenvalue weighted by molar-refractivity contribution is -0.113. The smallest absolute Gasteiger partial charge is 0.286 e. The molecule has 1 aromatic rings. The Morgan fingerprint density at radius 2 is 1.84 bits per heavy atom. The number of methoxy groups -OCH3 is 3. The third-order valence-corrected chi connectivity index (χ3v) is 4.96. The third kappa shape index (κ3) is 3.59. The first-order chi connectivity index (χ1) is 12.2. The van der Waals surface area contributed by atoms with E-state index in [1.54, 1.807) is 33.5 Å². The highest BCUT2D eigenvalue weighted by Crippen LogP contribution is 2.42. The summed E-state index contributed by atoms with van der Waals surface area (Å²) in [5, 5.41) is 0.721. The lowest BCUT2D eigenvalue weighted by Crippen LogP contribution is -2.38. The first-order valence-corrected chi connectivity index (χ1v) is 8.63. The maximum absolute atomic E-state index is 12.3. The molecule has 0 aromatic heterocycles. The lowest BCUT2D eigenvalue weighted by atomic mass is 10.1. The molecular weight excluding hydrogens is 344 g/mol. The zero-order valence-corrected chi connectivity index (χ0v) is 15.2. The van der Waals surface area contributed by atoms with E-state index in [4.69, 9.17) is 18.9 Å². The molecule has 0 unspecified atom stereocenters. The maximum Gasteiger partial charge on any atom is 0.286 e. The van der Waals surface area contributed by atoms with Gasteiger partial charge in [0, 0.05) is 18.7 Å². The van der Waals surface area contributed by atoms with E-state index in [-0.39, 0.29) is 5.91 Å². The molecule has 2 heterocycles. The first-order valence-electron chi connectivity index (χ1n) is 7.82. The fourth-order valence-corrected chi connectivity index (χ4v) is 3.62. The monoisotopic (exact) mass is 364 g/mol. The van der Waals surface area contributed by atoms with E-state index in [1.165, 1.54) is 11.8 Å². The second kappa shape index (κ2) is 7.79. The van der Waals surface area contributed by atoms with Crippen molar-refractivity contribution in [3.05, 3.63) is 22.6 Å². The van der Waals surface area contributed by atoms with Crippen LogP contribution in [-0.2, 0) is 9.53 Å². The molecule has 25 heavy (non-hydrogen) atoms. The number of hydrogen-bond acceptors (Lipinski definition) is 7. The Morgan fingerprint density at radius 3 is 2.48 bits per heavy atom. The van der Waals surface area contributed by atoms with E-state index in [1.807, 2.05) is 6.07 Å². The molecule has 8 heteroatoms. The molecule has 0 spiro atoms. The number of rotatable bonds is 4. The Kier molecular flexibility index (Phi) is 5.50. The Hall–Kier alpha value is -2.19. The molecule has 0 N–H and O–H groups in total. The molecule has 1 fully saturated rings. The van der Waals surface area contributed by atoms with Gasteiger partial charge < -0.3 is 23.8 Å². The number of amides is 1. The van der Waals surface area contributed by atoms with Gasteiger partial charge >= 0.3 is 0 Å². The van der Waals surface area contributed by atoms with Crippen molar-refractivity contribution >= 4 is 28.9 Å². The SMILES string of the molecule is COc1ccc(C=C2SC(N3CCOCC3)=NC2=O)c(OC)c1OC. The van der Waals surface area contributed by atoms with Crippen molar-refractivity contribution in [1.82, 2.24) is 4.90 Å². The van der Waals surface area contributed by atoms with Crippen LogP contribution in [0.1, 0.15) is 5.56 Å². The van der Waals surface area contributed by atoms with Crippen molar-refractivity contribution in [1.29, 1.82) is 0 Å². The average molecular weight is 364 g/mol. The van der Waals surface area contributed by atoms with Crippen LogP contribution in [0.25, 0.3) is 6.08 Å². The van der Waals surface area contributed by atoms with Crippen LogP contribution in [0.3, 0.4) is 0 Å². The number of morpholine rings is 1. The van der Waals surface area contributed by atoms with Crippen LogP contribution in [-0.4, -0.2) is 63.6 Å². The molecular formula is C17H20N2O5S. The van der Waals surface area contributed by atoms with E-state index in [2.05, 4.69) is 9.89 Å². The van der Waals surface area contributed by atoms with E-state index < -0.39 is 0 Å². The van der Waals surface area contributed by atoms with Crippen molar-refractivity contribution in [2.45, 2.75) is 0 Å². The highest BCUT2D eigenvalue weighted by Gasteiger charge is 2.28. The highest BCUT2D eigenvalue weighted by atomic mass is 32.2. The quantitative estimate of drug-likeness (QED) is 0.757. The van der Waals surface area contributed by atoms with Gasteiger partial charge in [0.2, 0.25) is 5.75 Å². The fourth-order valence-electron chi connectivity index (χ4n) is 2.67. The summed E-state index contributed by atoms with van der Waals surface area (Å²) in [6, 6.07) is 3.61. The summed E-state index contributed by atoms with van der Waals surface area (Å²) in [6.07, 6.45) is 1.77. The van der Waals surface area contributed by atoms with Gasteiger partial charge in [-0.15, -0.1) is 0 Å². The van der Waals surface area contributed by atoms with Gasteiger partial charge in [-0.1, -0.05) is 0 Å². The molecule has 3 rings (SSSR count). The van der Waals surface area contributed by atoms with Crippen LogP contribution >= 0.6 is 11.8 Å². The Labute approximate surface area is 150 Å². The number of benzene rings is 1. The summed E-state index contributed by atoms with van der Waals surface area (Å²) >= 11 is 1.37. The fraction of sp³-hybridized carbons (Fsp3) is 0.412. The largest absolute Gasteiger partial charge is 0.493 e. The molecule has 0 radical (unpaired) electrons. The minimum atomic E-state index is -0.247. The number of carbonyl (C=O) groups is 1. The van der Waals surface area contributed by atoms with E-state index >= 15 is 0 Å². The van der Waals surface area contributed by atoms with Crippen LogP contribution in [0.5, 0.6) is 17.2 Å². The predicted octanol–water partition coefficient (Wildman–Crippen LogP) is 2.01. The molecule has 0 atom stereocenters. The van der Waals surface area contributed by atoms with Gasteiger partial charge in [0.25, 0.3) is 5.91 Å². The zero-order chi connectivity index (χ0) is 17.8. The topological polar surface area (TPSA) is 69.6 Å². The van der Waals surface area contributed by atoms with Crippen LogP contribution < -0.4 is 14.2 Å². The van der Waals surface area contributed by atoms with E-state index in [0.717, 1.165) is 23.8 Å². The summed E-state index contributed by atoms with van der Waals surface area (Å²) in [6.45, 7) is 2.78. The number of amidine groups is 1. The van der Waals surface area contributed by atoms with Gasteiger partial charge in [-0.3, -0.25) is 4.79 Å². The molecule has 0 aliphatic carbocycles. The molecule has 1 saturated heterocycles. The number of ether oxygens (including phenoxy) is 4. The minimum absolute atomic E-state index is 0.247. The Morgan fingerprint density at radius 1 is 1.12 bits per heavy atom. The van der Waals surface area contributed by atoms with Crippen molar-refractivity contribution < 1.29 is 23.7 Å². The summed E-state index contributed by atoms with van der Waals surface area (Å²) < 4.78 is 21.5. The van der Waals surface area contributed by atoms with Gasteiger partial charge in [-0.05, 0) is 30.0 Å². The van der Waals surface area contributed by atoms with Crippen LogP contribution in [0.15, 0.2) is 22.0 Å². The summed E-state index contributed by atoms with van der Waals surface area (Å²) in [4.78, 5) is 19.1. The standard InChI is InChI=1S/C17H20N2O5S/c1-21-12-5-4-11(14(22-2)15(12)23-3)10-13-16(20)18-17(25-13)19-6-8-24-9-7-19/h4-5,10H,6-9H2,1-3H3. The molecule has 134 valence electrons. The summed E-state index contributed by atoms with van der Waals surface area (Å²) in [5.74, 6) is 1.33. The second-order valence-corrected chi connectivity index (χ2v) is 6.34. The first kappa shape index (κ1) is 17.6. The van der Waals surface area contributed by atoms with Crippen LogP contribution in [0.4, 0.5) is 0 Å². The number of nitrogens with zero attached hydrogens (tertiary/aromatic N) is 2. The van der Waals surface area contributed by atoms with Gasteiger partial charge in [0.1, 0.15) is 0 Å². The Bertz CT molecular complexity index is 726. The van der Waals surface area contributed by atoms with Crippen molar-refractivity contribution in [2.75, 3.05) is 47.6 Å². The van der Waals surface area contributed by atoms with Crippen LogP contribution in [0.2, 0.25) is 0 Å². The van der Waals surface area contributed by atoms with Gasteiger partial charge in [0.05, 0.1) is 39.4 Å². The highest BCUT2D eigenvalue weighted by molar-refractivity contribution is 8.18. The van der Waals surface area contributed by atoms with E-state index in [0.29, 0.717) is 35.4 Å². The zero-order valence-electron chi connectivity index (χ0n) is 14.4. The van der Waals surface area contributed by atoms with Crippen molar-refractivity contribution in [3.8, 4) is 17.2 Å². The second-order valence-electron chi connectivity index (χ2n) is 5.33. The molecule has 1 amide bonds. The third-order valence-electron chi connectivity index (χ3n) is 3.91. The molecule has 2 aliphatic heterocycles. The number of carbonyl (C=O) groups excluding carboxylic acids is 1. The molecule has 1 aromatic carbocycles. The lowest BCUT2D eigenvalue weighted by Gasteiger charge is -2.27. The Balaban J connectivity index is 1.87. The maximum atomic E-state index is 12.3. The van der Waals surface area contributed by atoms with Gasteiger partial charge in [-0.2, -0.15) is 4.99 Å². The van der Waals surface area contributed by atoms with Crippen LogP contribution in [0, 0.1) is 0 Å². The van der Waals surface area contributed by atoms with Gasteiger partial charge in [0.15, 0.2) is 16.7 Å². The normalized spacial score (nSPS) is 19.2. The van der Waals surface area contributed by atoms with E-state index in [9.17, 15) is 4.79 Å². The van der Waals surface area contributed by atoms with Crippen molar-refractivity contribution in [2.24, 2.45) is 4.99 Å². The summed E-state index contributed by atoms with van der Waals surface area (Å²) in [5.41, 5.74) is 0.731. The molecule has 2 aliphatic rings. The number of hydrogen-bond donors (Lipinski definition) is 0. The number of thioether (sulfide) groups is 1. The minimum Gasteiger partial charge on any atom is -0.493 e. The predicted molar refractivity (Wildman–Crippen MR) is 96.5 cm³/mol. The molecule has 0 bridgehead atoms. The average Bonchev–Trinajstić information content (AvgIpc) is 3.02.